The van der Waals surface area contributed by atoms with E-state index in [9.17, 15) is 0 Å². The van der Waals surface area contributed by atoms with Crippen molar-refractivity contribution in [2.45, 2.75) is 0 Å². The lowest BCUT2D eigenvalue weighted by Gasteiger charge is -2.12. The quantitative estimate of drug-likeness (QED) is 0.181. The second kappa shape index (κ2) is 10.7. The Hall–Kier alpha value is -6.10. The van der Waals surface area contributed by atoms with Gasteiger partial charge in [-0.15, -0.1) is 21.5 Å². The zero-order valence-corrected chi connectivity index (χ0v) is 26.7. The Morgan fingerprint density at radius 2 is 1.02 bits per heavy atom. The summed E-state index contributed by atoms with van der Waals surface area (Å²) >= 11 is 1.87. The molecular weight excluding hydrogens is 603 g/mol. The molecule has 0 fully saturated rings. The van der Waals surface area contributed by atoms with Crippen LogP contribution in [0, 0.1) is 0 Å². The van der Waals surface area contributed by atoms with Crippen molar-refractivity contribution in [2.24, 2.45) is 0 Å². The van der Waals surface area contributed by atoms with Gasteiger partial charge in [0, 0.05) is 36.5 Å². The van der Waals surface area contributed by atoms with E-state index >= 15 is 0 Å². The van der Waals surface area contributed by atoms with Crippen molar-refractivity contribution < 1.29 is 0 Å². The van der Waals surface area contributed by atoms with Crippen molar-refractivity contribution in [1.29, 1.82) is 0 Å². The molecule has 3 heterocycles. The summed E-state index contributed by atoms with van der Waals surface area (Å²) in [7, 11) is 0. The molecule has 0 unspecified atom stereocenters. The first-order valence-corrected chi connectivity index (χ1v) is 17.0. The van der Waals surface area contributed by atoms with Crippen LogP contribution in [0.3, 0.4) is 0 Å². The average molecular weight is 630 g/mol. The van der Waals surface area contributed by atoms with Crippen molar-refractivity contribution in [2.75, 3.05) is 0 Å². The normalized spacial score (nSPS) is 11.8. The van der Waals surface area contributed by atoms with Gasteiger partial charge in [0.05, 0.1) is 5.52 Å². The van der Waals surface area contributed by atoms with E-state index in [2.05, 4.69) is 162 Å². The lowest BCUT2D eigenvalue weighted by molar-refractivity contribution is 1.12. The highest BCUT2D eigenvalue weighted by Gasteiger charge is 2.17. The number of hydrogen-bond acceptors (Lipinski definition) is 3. The third kappa shape index (κ3) is 4.20. The minimum absolute atomic E-state index is 0.839. The molecule has 224 valence electrons. The maximum Gasteiger partial charge on any atom is 0.169 e. The van der Waals surface area contributed by atoms with Gasteiger partial charge >= 0.3 is 0 Å². The maximum atomic E-state index is 4.77. The molecule has 0 N–H and O–H groups in total. The van der Waals surface area contributed by atoms with Crippen molar-refractivity contribution in [3.8, 4) is 44.8 Å². The predicted octanol–water partition coefficient (Wildman–Crippen LogP) is 12.1. The van der Waals surface area contributed by atoms with Crippen molar-refractivity contribution in [3.63, 3.8) is 0 Å². The van der Waals surface area contributed by atoms with Gasteiger partial charge in [-0.1, -0.05) is 140 Å². The van der Waals surface area contributed by atoms with Crippen LogP contribution in [-0.4, -0.2) is 14.6 Å². The third-order valence-electron chi connectivity index (χ3n) is 9.52. The van der Waals surface area contributed by atoms with E-state index in [1.807, 2.05) is 17.4 Å². The average Bonchev–Trinajstić information content (AvgIpc) is 3.78. The first-order chi connectivity index (χ1) is 23.8. The van der Waals surface area contributed by atoms with Crippen molar-refractivity contribution in [1.82, 2.24) is 14.6 Å². The molecular formula is C44H27N3S. The van der Waals surface area contributed by atoms with Gasteiger partial charge in [0.1, 0.15) is 0 Å². The molecule has 10 aromatic rings. The van der Waals surface area contributed by atoms with Crippen LogP contribution in [0.25, 0.3) is 92.3 Å². The molecule has 0 radical (unpaired) electrons. The number of benzene rings is 7. The Balaban J connectivity index is 1.11. The standard InChI is InChI=1S/C44H27N3S/c1-2-10-28(11-3-1)31-12-8-13-33(26-31)43-45-46-44-38-16-5-4-14-35(38)39-27-32(24-25-40(39)47(43)44)29-20-22-30(23-21-29)34-17-9-18-37-36-15-6-7-19-41(36)48-42(34)37/h1-27H. The van der Waals surface area contributed by atoms with E-state index < -0.39 is 0 Å². The Morgan fingerprint density at radius 1 is 0.396 bits per heavy atom. The van der Waals surface area contributed by atoms with Crippen LogP contribution in [0.5, 0.6) is 0 Å². The molecule has 0 saturated heterocycles. The molecule has 0 bridgehead atoms. The molecule has 7 aromatic carbocycles. The Morgan fingerprint density at radius 3 is 1.90 bits per heavy atom. The minimum Gasteiger partial charge on any atom is -0.274 e. The smallest absolute Gasteiger partial charge is 0.169 e. The highest BCUT2D eigenvalue weighted by Crippen LogP contribution is 2.41. The lowest BCUT2D eigenvalue weighted by atomic mass is 9.97. The largest absolute Gasteiger partial charge is 0.274 e. The number of nitrogens with zero attached hydrogens (tertiary/aromatic N) is 3. The fourth-order valence-electron chi connectivity index (χ4n) is 7.20. The molecule has 0 spiro atoms. The highest BCUT2D eigenvalue weighted by atomic mass is 32.1. The van der Waals surface area contributed by atoms with Crippen LogP contribution < -0.4 is 0 Å². The fourth-order valence-corrected chi connectivity index (χ4v) is 8.44. The summed E-state index contributed by atoms with van der Waals surface area (Å²) in [6.45, 7) is 0. The summed E-state index contributed by atoms with van der Waals surface area (Å²) in [4.78, 5) is 0. The van der Waals surface area contributed by atoms with E-state index in [1.165, 1.54) is 58.8 Å². The first kappa shape index (κ1) is 27.1. The van der Waals surface area contributed by atoms with Crippen LogP contribution in [0.15, 0.2) is 164 Å². The summed E-state index contributed by atoms with van der Waals surface area (Å²) < 4.78 is 4.89. The van der Waals surface area contributed by atoms with E-state index in [0.29, 0.717) is 0 Å². The lowest BCUT2D eigenvalue weighted by Crippen LogP contribution is -1.95. The molecule has 0 atom stereocenters. The Kier molecular flexibility index (Phi) is 6.05. The van der Waals surface area contributed by atoms with Crippen LogP contribution in [-0.2, 0) is 0 Å². The van der Waals surface area contributed by atoms with Gasteiger partial charge in [-0.2, -0.15) is 0 Å². The summed E-state index contributed by atoms with van der Waals surface area (Å²) in [5.41, 5.74) is 10.2. The summed E-state index contributed by atoms with van der Waals surface area (Å²) in [6.07, 6.45) is 0. The second-order valence-corrected chi connectivity index (χ2v) is 13.3. The molecule has 0 saturated carbocycles. The predicted molar refractivity (Wildman–Crippen MR) is 203 cm³/mol. The van der Waals surface area contributed by atoms with Crippen LogP contribution >= 0.6 is 11.3 Å². The summed E-state index contributed by atoms with van der Waals surface area (Å²) in [5, 5.41) is 15.6. The molecule has 0 amide bonds. The van der Waals surface area contributed by atoms with Crippen LogP contribution in [0.2, 0.25) is 0 Å². The minimum atomic E-state index is 0.839. The highest BCUT2D eigenvalue weighted by molar-refractivity contribution is 7.26. The van der Waals surface area contributed by atoms with E-state index in [1.54, 1.807) is 0 Å². The van der Waals surface area contributed by atoms with Crippen LogP contribution in [0.1, 0.15) is 0 Å². The third-order valence-corrected chi connectivity index (χ3v) is 10.7. The van der Waals surface area contributed by atoms with E-state index in [0.717, 1.165) is 33.5 Å². The van der Waals surface area contributed by atoms with Gasteiger partial charge in [0.25, 0.3) is 0 Å². The molecule has 10 rings (SSSR count). The van der Waals surface area contributed by atoms with Gasteiger partial charge in [-0.25, -0.2) is 0 Å². The number of fused-ring (bicyclic) bond motifs is 9. The van der Waals surface area contributed by atoms with E-state index in [4.69, 9.17) is 10.2 Å². The zero-order chi connectivity index (χ0) is 31.6. The van der Waals surface area contributed by atoms with Crippen molar-refractivity contribution in [3.05, 3.63) is 164 Å². The topological polar surface area (TPSA) is 30.2 Å². The second-order valence-electron chi connectivity index (χ2n) is 12.3. The van der Waals surface area contributed by atoms with Gasteiger partial charge in [-0.05, 0) is 63.0 Å². The molecule has 0 aliphatic heterocycles. The monoisotopic (exact) mass is 629 g/mol. The van der Waals surface area contributed by atoms with Gasteiger partial charge in [-0.3, -0.25) is 4.40 Å². The number of aromatic nitrogens is 3. The fraction of sp³-hybridized carbons (Fsp3) is 0. The Labute approximate surface area is 281 Å². The Bertz CT molecular complexity index is 2830. The molecule has 3 nitrogen and oxygen atoms in total. The number of thiophene rings is 1. The molecule has 0 aliphatic carbocycles. The molecule has 0 aliphatic rings. The number of pyridine rings is 1. The van der Waals surface area contributed by atoms with E-state index in [-0.39, 0.29) is 0 Å². The zero-order valence-electron chi connectivity index (χ0n) is 25.8. The molecule has 4 heteroatoms. The molecule has 48 heavy (non-hydrogen) atoms. The van der Waals surface area contributed by atoms with Crippen LogP contribution in [0.4, 0.5) is 0 Å². The number of hydrogen-bond donors (Lipinski definition) is 0. The summed E-state index contributed by atoms with van der Waals surface area (Å²) in [6, 6.07) is 58.8. The first-order valence-electron chi connectivity index (χ1n) is 16.2. The summed E-state index contributed by atoms with van der Waals surface area (Å²) in [5.74, 6) is 0.839. The number of rotatable bonds is 4. The van der Waals surface area contributed by atoms with Gasteiger partial charge < -0.3 is 0 Å². The maximum absolute atomic E-state index is 4.77. The van der Waals surface area contributed by atoms with Crippen molar-refractivity contribution >= 4 is 58.8 Å². The van der Waals surface area contributed by atoms with Gasteiger partial charge in [0.2, 0.25) is 0 Å². The SMILES string of the molecule is c1ccc(-c2cccc(-c3nnc4c5ccccc5c5cc(-c6ccc(-c7cccc8c7sc7ccccc78)cc6)ccc5n34)c2)cc1. The van der Waals surface area contributed by atoms with Gasteiger partial charge in [0.15, 0.2) is 11.5 Å². The molecule has 3 aromatic heterocycles.